The highest BCUT2D eigenvalue weighted by molar-refractivity contribution is 5.81. The molecule has 2 aliphatic rings. The van der Waals surface area contributed by atoms with E-state index in [1.54, 1.807) is 0 Å². The second-order valence-corrected chi connectivity index (χ2v) is 6.17. The predicted molar refractivity (Wildman–Crippen MR) is 78.8 cm³/mol. The van der Waals surface area contributed by atoms with Gasteiger partial charge in [-0.05, 0) is 24.3 Å². The number of hydrogen-bond acceptors (Lipinski definition) is 3. The van der Waals surface area contributed by atoms with Gasteiger partial charge in [-0.2, -0.15) is 0 Å². The molecule has 0 radical (unpaired) electrons. The average Bonchev–Trinajstić information content (AvgIpc) is 2.69. The fourth-order valence-corrected chi connectivity index (χ4v) is 3.68. The Hall–Kier alpha value is -1.51. The third kappa shape index (κ3) is 2.34. The quantitative estimate of drug-likeness (QED) is 0.885. The molecule has 3 nitrogen and oxygen atoms in total. The van der Waals surface area contributed by atoms with Gasteiger partial charge >= 0.3 is 0 Å². The summed E-state index contributed by atoms with van der Waals surface area (Å²) < 4.78 is 0. The van der Waals surface area contributed by atoms with Crippen molar-refractivity contribution < 1.29 is 0 Å². The molecule has 1 aliphatic carbocycles. The molecule has 0 bridgehead atoms. The van der Waals surface area contributed by atoms with Crippen molar-refractivity contribution in [3.63, 3.8) is 0 Å². The van der Waals surface area contributed by atoms with Crippen molar-refractivity contribution in [2.45, 2.75) is 44.7 Å². The molecule has 3 heteroatoms. The van der Waals surface area contributed by atoms with E-state index in [2.05, 4.69) is 47.1 Å². The van der Waals surface area contributed by atoms with Crippen molar-refractivity contribution in [2.75, 3.05) is 6.54 Å². The zero-order valence-corrected chi connectivity index (χ0v) is 11.7. The number of hydrogen-bond donors (Lipinski definition) is 1. The molecular formula is C16H23N3. The van der Waals surface area contributed by atoms with E-state index in [1.807, 2.05) is 0 Å². The van der Waals surface area contributed by atoms with Crippen LogP contribution < -0.4 is 5.73 Å². The van der Waals surface area contributed by atoms with Crippen LogP contribution in [-0.4, -0.2) is 22.9 Å². The van der Waals surface area contributed by atoms with Gasteiger partial charge in [0.05, 0.1) is 12.1 Å². The van der Waals surface area contributed by atoms with Gasteiger partial charge < -0.3 is 10.6 Å². The molecule has 19 heavy (non-hydrogen) atoms. The minimum Gasteiger partial charge on any atom is -0.370 e. The average molecular weight is 257 g/mol. The van der Waals surface area contributed by atoms with Crippen LogP contribution in [0.3, 0.4) is 0 Å². The zero-order chi connectivity index (χ0) is 13.3. The van der Waals surface area contributed by atoms with E-state index < -0.39 is 0 Å². The normalized spacial score (nSPS) is 30.7. The Kier molecular flexibility index (Phi) is 3.21. The summed E-state index contributed by atoms with van der Waals surface area (Å²) >= 11 is 0. The summed E-state index contributed by atoms with van der Waals surface area (Å²) in [6.45, 7) is 4.13. The Labute approximate surface area is 115 Å². The maximum atomic E-state index is 6.15. The van der Waals surface area contributed by atoms with E-state index >= 15 is 0 Å². The van der Waals surface area contributed by atoms with Gasteiger partial charge in [-0.25, -0.2) is 0 Å². The van der Waals surface area contributed by atoms with Crippen molar-refractivity contribution in [2.24, 2.45) is 16.6 Å². The third-order valence-corrected chi connectivity index (χ3v) is 4.64. The Balaban J connectivity index is 1.82. The van der Waals surface area contributed by atoms with E-state index in [-0.39, 0.29) is 5.54 Å². The maximum absolute atomic E-state index is 6.15. The molecule has 1 heterocycles. The highest BCUT2D eigenvalue weighted by Crippen LogP contribution is 2.40. The summed E-state index contributed by atoms with van der Waals surface area (Å²) in [6.07, 6.45) is 5.11. The minimum atomic E-state index is 0.192. The fraction of sp³-hybridized carbons (Fsp3) is 0.562. The summed E-state index contributed by atoms with van der Waals surface area (Å²) in [7, 11) is 0. The minimum absolute atomic E-state index is 0.192. The molecular weight excluding hydrogens is 234 g/mol. The summed E-state index contributed by atoms with van der Waals surface area (Å²) in [5, 5.41) is 0. The maximum Gasteiger partial charge on any atom is 0.192 e. The number of rotatable bonds is 2. The van der Waals surface area contributed by atoms with Crippen LogP contribution in [0.4, 0.5) is 0 Å². The van der Waals surface area contributed by atoms with Gasteiger partial charge in [0.2, 0.25) is 0 Å². The summed E-state index contributed by atoms with van der Waals surface area (Å²) in [5.41, 5.74) is 7.67. The van der Waals surface area contributed by atoms with Crippen LogP contribution in [0, 0.1) is 5.92 Å². The molecule has 0 aromatic heterocycles. The Morgan fingerprint density at radius 2 is 2.16 bits per heavy atom. The lowest BCUT2D eigenvalue weighted by Crippen LogP contribution is -2.53. The van der Waals surface area contributed by atoms with Crippen LogP contribution in [0.2, 0.25) is 0 Å². The Morgan fingerprint density at radius 1 is 1.37 bits per heavy atom. The highest BCUT2D eigenvalue weighted by atomic mass is 15.4. The number of nitrogens with two attached hydrogens (primary N) is 1. The third-order valence-electron chi connectivity index (χ3n) is 4.64. The first-order chi connectivity index (χ1) is 9.20. The fourth-order valence-electron chi connectivity index (χ4n) is 3.68. The first kappa shape index (κ1) is 12.5. The van der Waals surface area contributed by atoms with Crippen molar-refractivity contribution in [3.05, 3.63) is 35.9 Å². The zero-order valence-electron chi connectivity index (χ0n) is 11.7. The van der Waals surface area contributed by atoms with Gasteiger partial charge in [-0.15, -0.1) is 0 Å². The lowest BCUT2D eigenvalue weighted by Gasteiger charge is -2.44. The van der Waals surface area contributed by atoms with E-state index in [0.717, 1.165) is 25.0 Å². The topological polar surface area (TPSA) is 41.6 Å². The lowest BCUT2D eigenvalue weighted by molar-refractivity contribution is 0.108. The molecule has 2 unspecified atom stereocenters. The summed E-state index contributed by atoms with van der Waals surface area (Å²) in [5.74, 6) is 1.52. The van der Waals surface area contributed by atoms with Gasteiger partial charge in [-0.1, -0.05) is 50.1 Å². The lowest BCUT2D eigenvalue weighted by atomic mass is 9.75. The second-order valence-electron chi connectivity index (χ2n) is 6.17. The van der Waals surface area contributed by atoms with Gasteiger partial charge in [0.1, 0.15) is 0 Å². The van der Waals surface area contributed by atoms with E-state index in [0.29, 0.717) is 0 Å². The summed E-state index contributed by atoms with van der Waals surface area (Å²) in [6, 6.07) is 10.6. The molecule has 102 valence electrons. The molecule has 1 aliphatic heterocycles. The molecule has 1 aromatic rings. The first-order valence-electron chi connectivity index (χ1n) is 7.31. The SMILES string of the molecule is CC1CCCC2(CN=C(N)N2Cc2ccccc2)C1. The van der Waals surface area contributed by atoms with Crippen molar-refractivity contribution in [1.29, 1.82) is 0 Å². The van der Waals surface area contributed by atoms with Crippen molar-refractivity contribution in [3.8, 4) is 0 Å². The van der Waals surface area contributed by atoms with Crippen LogP contribution in [0.5, 0.6) is 0 Å². The summed E-state index contributed by atoms with van der Waals surface area (Å²) in [4.78, 5) is 6.90. The second kappa shape index (κ2) is 4.87. The van der Waals surface area contributed by atoms with Crippen LogP contribution >= 0.6 is 0 Å². The van der Waals surface area contributed by atoms with E-state index in [1.165, 1.54) is 31.2 Å². The Morgan fingerprint density at radius 3 is 2.89 bits per heavy atom. The van der Waals surface area contributed by atoms with Gasteiger partial charge in [0, 0.05) is 6.54 Å². The molecule has 0 amide bonds. The monoisotopic (exact) mass is 257 g/mol. The van der Waals surface area contributed by atoms with E-state index in [9.17, 15) is 0 Å². The molecule has 1 aromatic carbocycles. The number of nitrogens with zero attached hydrogens (tertiary/aromatic N) is 2. The van der Waals surface area contributed by atoms with Crippen molar-refractivity contribution >= 4 is 5.96 Å². The van der Waals surface area contributed by atoms with Gasteiger partial charge in [0.25, 0.3) is 0 Å². The smallest absolute Gasteiger partial charge is 0.192 e. The van der Waals surface area contributed by atoms with Crippen LogP contribution in [0.25, 0.3) is 0 Å². The highest BCUT2D eigenvalue weighted by Gasteiger charge is 2.44. The van der Waals surface area contributed by atoms with Gasteiger partial charge in [0.15, 0.2) is 5.96 Å². The first-order valence-corrected chi connectivity index (χ1v) is 7.31. The van der Waals surface area contributed by atoms with Crippen LogP contribution in [0.15, 0.2) is 35.3 Å². The van der Waals surface area contributed by atoms with Crippen LogP contribution in [0.1, 0.15) is 38.2 Å². The van der Waals surface area contributed by atoms with Crippen molar-refractivity contribution in [1.82, 2.24) is 4.90 Å². The largest absolute Gasteiger partial charge is 0.370 e. The molecule has 2 N–H and O–H groups in total. The van der Waals surface area contributed by atoms with Crippen LogP contribution in [-0.2, 0) is 6.54 Å². The number of benzene rings is 1. The van der Waals surface area contributed by atoms with E-state index in [4.69, 9.17) is 5.73 Å². The molecule has 1 spiro atoms. The molecule has 0 saturated heterocycles. The predicted octanol–water partition coefficient (Wildman–Crippen LogP) is 2.77. The molecule has 2 atom stereocenters. The van der Waals surface area contributed by atoms with Gasteiger partial charge in [-0.3, -0.25) is 4.99 Å². The number of guanidine groups is 1. The standard InChI is InChI=1S/C16H23N3/c1-13-6-5-9-16(10-13)12-18-15(17)19(16)11-14-7-3-2-4-8-14/h2-4,7-8,13H,5-6,9-12H2,1H3,(H2,17,18). The number of aliphatic imine (C=N–C) groups is 1. The molecule has 1 saturated carbocycles. The Bertz CT molecular complexity index is 468. The molecule has 3 rings (SSSR count). The molecule has 1 fully saturated rings.